The van der Waals surface area contributed by atoms with Crippen molar-refractivity contribution in [3.63, 3.8) is 0 Å². The molecule has 0 saturated heterocycles. The molecule has 1 unspecified atom stereocenters. The molecule has 0 N–H and O–H groups in total. The SMILES string of the molecule is Cc1[cH-]c2c(c1C1=CC=CC1)C(C)C(=[Si](C)C)CCC2.[H-].[H-].[Hf]. The largest absolute Gasteiger partial charge is 1.00 e. The predicted molar refractivity (Wildman–Crippen MR) is 94.6 cm³/mol. The molecule has 0 saturated carbocycles. The molecule has 0 amide bonds. The Morgan fingerprint density at radius 1 is 1.29 bits per heavy atom. The minimum Gasteiger partial charge on any atom is -1.00 e. The molecule has 21 heavy (non-hydrogen) atoms. The van der Waals surface area contributed by atoms with Gasteiger partial charge >= 0.3 is 0 Å². The second-order valence-corrected chi connectivity index (χ2v) is 9.21. The summed E-state index contributed by atoms with van der Waals surface area (Å²) < 4.78 is 0. The normalized spacial score (nSPS) is 20.7. The van der Waals surface area contributed by atoms with Gasteiger partial charge in [0.2, 0.25) is 0 Å². The van der Waals surface area contributed by atoms with Crippen molar-refractivity contribution < 1.29 is 28.7 Å². The van der Waals surface area contributed by atoms with E-state index in [9.17, 15) is 0 Å². The molecular weight excluding hydrogens is 435 g/mol. The molecule has 2 aliphatic carbocycles. The Morgan fingerprint density at radius 2 is 2.05 bits per heavy atom. The van der Waals surface area contributed by atoms with Crippen LogP contribution in [0.4, 0.5) is 0 Å². The molecule has 0 radical (unpaired) electrons. The Bertz CT molecular complexity index is 634. The van der Waals surface area contributed by atoms with E-state index in [1.165, 1.54) is 30.4 Å². The monoisotopic (exact) mass is 463 g/mol. The van der Waals surface area contributed by atoms with Crippen LogP contribution < -0.4 is 0 Å². The van der Waals surface area contributed by atoms with E-state index in [0.717, 1.165) is 6.42 Å². The van der Waals surface area contributed by atoms with Gasteiger partial charge in [-0.3, -0.25) is 0 Å². The van der Waals surface area contributed by atoms with Crippen molar-refractivity contribution in [1.29, 1.82) is 0 Å². The summed E-state index contributed by atoms with van der Waals surface area (Å²) >= 11 is 0. The second-order valence-electron chi connectivity index (χ2n) is 6.57. The average Bonchev–Trinajstić information content (AvgIpc) is 2.97. The molecule has 0 fully saturated rings. The molecule has 114 valence electrons. The van der Waals surface area contributed by atoms with Crippen LogP contribution in [-0.2, 0) is 32.3 Å². The topological polar surface area (TPSA) is 0 Å². The van der Waals surface area contributed by atoms with Gasteiger partial charge in [0.1, 0.15) is 0 Å². The molecule has 1 aromatic carbocycles. The van der Waals surface area contributed by atoms with Crippen LogP contribution in [0.25, 0.3) is 5.57 Å². The third-order valence-corrected chi connectivity index (χ3v) is 6.95. The van der Waals surface area contributed by atoms with E-state index in [0.29, 0.717) is 5.92 Å². The van der Waals surface area contributed by atoms with Crippen LogP contribution in [0.15, 0.2) is 24.3 Å². The number of hydrogen-bond donors (Lipinski definition) is 0. The fourth-order valence-corrected chi connectivity index (χ4v) is 5.77. The van der Waals surface area contributed by atoms with Crippen molar-refractivity contribution in [2.75, 3.05) is 0 Å². The Balaban J connectivity index is 0.00000161. The van der Waals surface area contributed by atoms with E-state index in [1.54, 1.807) is 16.7 Å². The van der Waals surface area contributed by atoms with Crippen molar-refractivity contribution in [2.24, 2.45) is 0 Å². The van der Waals surface area contributed by atoms with E-state index in [-0.39, 0.29) is 37.1 Å². The van der Waals surface area contributed by atoms with Crippen LogP contribution in [-0.4, -0.2) is 13.6 Å². The second kappa shape index (κ2) is 6.91. The molecule has 1 atom stereocenters. The molecule has 1 aromatic rings. The van der Waals surface area contributed by atoms with E-state index in [1.807, 2.05) is 5.17 Å². The van der Waals surface area contributed by atoms with Gasteiger partial charge in [0, 0.05) is 34.3 Å². The smallest absolute Gasteiger partial charge is 0.00162 e. The summed E-state index contributed by atoms with van der Waals surface area (Å²) in [7, 11) is -0.297. The third kappa shape index (κ3) is 3.12. The zero-order chi connectivity index (χ0) is 14.3. The number of fused-ring (bicyclic) bond motifs is 1. The van der Waals surface area contributed by atoms with Crippen LogP contribution >= 0.6 is 0 Å². The molecule has 0 heterocycles. The molecule has 2 aliphatic rings. The summed E-state index contributed by atoms with van der Waals surface area (Å²) in [5, 5.41) is 1.85. The fourth-order valence-electron chi connectivity index (χ4n) is 4.09. The first-order valence-electron chi connectivity index (χ1n) is 7.91. The zero-order valence-corrected chi connectivity index (χ0v) is 18.3. The third-order valence-electron chi connectivity index (χ3n) is 4.98. The Kier molecular flexibility index (Phi) is 5.64. The quantitative estimate of drug-likeness (QED) is 0.305. The van der Waals surface area contributed by atoms with Gasteiger partial charge in [-0.15, -0.1) is 5.57 Å². The van der Waals surface area contributed by atoms with Crippen molar-refractivity contribution in [1.82, 2.24) is 0 Å². The van der Waals surface area contributed by atoms with Crippen molar-refractivity contribution >= 4 is 19.2 Å². The van der Waals surface area contributed by atoms with Crippen LogP contribution in [0.5, 0.6) is 0 Å². The summed E-state index contributed by atoms with van der Waals surface area (Å²) in [5.74, 6) is 0.668. The summed E-state index contributed by atoms with van der Waals surface area (Å²) in [4.78, 5) is 0. The minimum atomic E-state index is -0.297. The number of rotatable bonds is 1. The van der Waals surface area contributed by atoms with Gasteiger partial charge < -0.3 is 2.85 Å². The van der Waals surface area contributed by atoms with Gasteiger partial charge in [0.15, 0.2) is 0 Å². The summed E-state index contributed by atoms with van der Waals surface area (Å²) in [6.45, 7) is 9.70. The van der Waals surface area contributed by atoms with Crippen molar-refractivity contribution in [3.8, 4) is 0 Å². The summed E-state index contributed by atoms with van der Waals surface area (Å²) in [6, 6.07) is 2.47. The van der Waals surface area contributed by atoms with Crippen molar-refractivity contribution in [2.45, 2.75) is 58.5 Å². The maximum atomic E-state index is 2.47. The van der Waals surface area contributed by atoms with E-state index < -0.39 is 0 Å². The first-order valence-corrected chi connectivity index (χ1v) is 10.4. The fraction of sp³-hybridized carbons (Fsp3) is 0.474. The van der Waals surface area contributed by atoms with Gasteiger partial charge in [-0.2, -0.15) is 28.3 Å². The Labute approximate surface area is 152 Å². The molecule has 0 aromatic heterocycles. The van der Waals surface area contributed by atoms with Gasteiger partial charge in [0.05, 0.1) is 0 Å². The van der Waals surface area contributed by atoms with Gasteiger partial charge in [0.25, 0.3) is 0 Å². The number of allylic oxidation sites excluding steroid dienone is 4. The summed E-state index contributed by atoms with van der Waals surface area (Å²) in [6.07, 6.45) is 11.9. The van der Waals surface area contributed by atoms with Crippen LogP contribution in [0.3, 0.4) is 0 Å². The van der Waals surface area contributed by atoms with Crippen LogP contribution in [0.1, 0.15) is 57.2 Å². The maximum absolute atomic E-state index is 2.47. The molecule has 2 heteroatoms. The predicted octanol–water partition coefficient (Wildman–Crippen LogP) is 5.23. The zero-order valence-electron chi connectivity index (χ0n) is 15.7. The molecule has 3 rings (SSSR count). The molecule has 0 aliphatic heterocycles. The van der Waals surface area contributed by atoms with Gasteiger partial charge in [-0.05, 0) is 19.3 Å². The van der Waals surface area contributed by atoms with Crippen LogP contribution in [0, 0.1) is 6.92 Å². The Morgan fingerprint density at radius 3 is 2.67 bits per heavy atom. The first-order chi connectivity index (χ1) is 9.59. The number of aryl methyl sites for hydroxylation is 2. The van der Waals surface area contributed by atoms with Crippen LogP contribution in [0.2, 0.25) is 13.1 Å². The molecule has 0 nitrogen and oxygen atoms in total. The first kappa shape index (κ1) is 17.1. The molecule has 0 spiro atoms. The minimum absolute atomic E-state index is 0. The number of hydrogen-bond acceptors (Lipinski definition) is 0. The molecule has 0 bridgehead atoms. The van der Waals surface area contributed by atoms with Gasteiger partial charge in [-0.25, -0.2) is 0 Å². The average molecular weight is 462 g/mol. The molecular formula is C19H27HfSi-3. The van der Waals surface area contributed by atoms with Crippen molar-refractivity contribution in [3.05, 3.63) is 46.5 Å². The Hall–Kier alpha value is -0.213. The van der Waals surface area contributed by atoms with E-state index in [4.69, 9.17) is 0 Å². The standard InChI is InChI=1S/C19H25Si.Hf.2H/c1-13-12-16-10-7-11-17(20(3)4)14(2)19(16)18(13)15-8-5-6-9-15;;;/h5-6,8,12,14H,7,9-11H2,1-4H3;;;/q-1;;2*-1. The van der Waals surface area contributed by atoms with E-state index >= 15 is 0 Å². The van der Waals surface area contributed by atoms with E-state index in [2.05, 4.69) is 51.2 Å². The summed E-state index contributed by atoms with van der Waals surface area (Å²) in [5.41, 5.74) is 7.93. The van der Waals surface area contributed by atoms with Gasteiger partial charge in [-0.1, -0.05) is 62.7 Å². The maximum Gasteiger partial charge on any atom is 0.00162 e.